The quantitative estimate of drug-likeness (QED) is 0.663. The van der Waals surface area contributed by atoms with Crippen molar-refractivity contribution in [2.45, 2.75) is 31.3 Å². The van der Waals surface area contributed by atoms with E-state index in [1.807, 2.05) is 30.3 Å². The summed E-state index contributed by atoms with van der Waals surface area (Å²) < 4.78 is 5.81. The third-order valence-corrected chi connectivity index (χ3v) is 4.79. The number of nitrogens with zero attached hydrogens (tertiary/aromatic N) is 1. The van der Waals surface area contributed by atoms with Crippen molar-refractivity contribution in [3.05, 3.63) is 60.2 Å². The van der Waals surface area contributed by atoms with Gasteiger partial charge in [-0.25, -0.2) is 9.59 Å². The number of likely N-dealkylation sites (tertiary alicyclic amines) is 1. The number of para-hydroxylation sites is 1. The fraction of sp³-hybridized carbons (Fsp3) is 0.286. The lowest BCUT2D eigenvalue weighted by molar-refractivity contribution is -0.148. The molecule has 3 rings (SSSR count). The van der Waals surface area contributed by atoms with Gasteiger partial charge in [0.25, 0.3) is 0 Å². The molecule has 1 saturated heterocycles. The standard InChI is InChI=1S/C21H23N3O5/c22-21(28)23-17(13-19(25)24-11-5-10-18(24)20(26)27)14-6-4-9-16(12-14)29-15-7-2-1-3-8-15/h1-4,6-9,12,17-18H,5,10-11,13H2,(H,26,27)(H3,22,23,28)/t17-,18-/m0/s1. The van der Waals surface area contributed by atoms with Crippen molar-refractivity contribution >= 4 is 17.9 Å². The number of rotatable bonds is 7. The van der Waals surface area contributed by atoms with Crippen LogP contribution in [0, 0.1) is 0 Å². The number of amides is 3. The second kappa shape index (κ2) is 9.09. The van der Waals surface area contributed by atoms with Gasteiger partial charge in [0.1, 0.15) is 17.5 Å². The first-order valence-electron chi connectivity index (χ1n) is 9.35. The summed E-state index contributed by atoms with van der Waals surface area (Å²) in [5.41, 5.74) is 5.93. The van der Waals surface area contributed by atoms with Crippen molar-refractivity contribution in [3.63, 3.8) is 0 Å². The first kappa shape index (κ1) is 20.2. The maximum absolute atomic E-state index is 12.7. The van der Waals surface area contributed by atoms with Gasteiger partial charge in [-0.1, -0.05) is 30.3 Å². The molecule has 0 aliphatic carbocycles. The van der Waals surface area contributed by atoms with Crippen LogP contribution in [-0.4, -0.2) is 40.5 Å². The smallest absolute Gasteiger partial charge is 0.326 e. The van der Waals surface area contributed by atoms with Crippen LogP contribution in [0.5, 0.6) is 11.5 Å². The summed E-state index contributed by atoms with van der Waals surface area (Å²) in [5, 5.41) is 11.9. The monoisotopic (exact) mass is 397 g/mol. The maximum Gasteiger partial charge on any atom is 0.326 e. The number of aliphatic carboxylic acids is 1. The van der Waals surface area contributed by atoms with Crippen LogP contribution in [0.2, 0.25) is 0 Å². The second-order valence-electron chi connectivity index (χ2n) is 6.84. The van der Waals surface area contributed by atoms with Gasteiger partial charge in [-0.15, -0.1) is 0 Å². The molecule has 0 spiro atoms. The molecule has 1 aliphatic rings. The Morgan fingerprint density at radius 2 is 1.86 bits per heavy atom. The van der Waals surface area contributed by atoms with Crippen LogP contribution >= 0.6 is 0 Å². The lowest BCUT2D eigenvalue weighted by Gasteiger charge is -2.25. The van der Waals surface area contributed by atoms with Gasteiger partial charge in [-0.05, 0) is 42.7 Å². The summed E-state index contributed by atoms with van der Waals surface area (Å²) in [7, 11) is 0. The van der Waals surface area contributed by atoms with Crippen molar-refractivity contribution < 1.29 is 24.2 Å². The number of hydrogen-bond donors (Lipinski definition) is 3. The van der Waals surface area contributed by atoms with Gasteiger partial charge in [-0.3, -0.25) is 4.79 Å². The minimum Gasteiger partial charge on any atom is -0.480 e. The van der Waals surface area contributed by atoms with Gasteiger partial charge >= 0.3 is 12.0 Å². The molecule has 1 heterocycles. The van der Waals surface area contributed by atoms with Gasteiger partial charge in [0.05, 0.1) is 12.5 Å². The Morgan fingerprint density at radius 3 is 2.55 bits per heavy atom. The lowest BCUT2D eigenvalue weighted by atomic mass is 10.0. The van der Waals surface area contributed by atoms with Gasteiger partial charge in [0.15, 0.2) is 0 Å². The largest absolute Gasteiger partial charge is 0.480 e. The zero-order valence-corrected chi connectivity index (χ0v) is 15.8. The van der Waals surface area contributed by atoms with E-state index < -0.39 is 24.1 Å². The van der Waals surface area contributed by atoms with E-state index in [0.29, 0.717) is 36.4 Å². The molecule has 1 fully saturated rings. The van der Waals surface area contributed by atoms with E-state index in [2.05, 4.69) is 5.32 Å². The molecule has 2 aromatic rings. The maximum atomic E-state index is 12.7. The minimum atomic E-state index is -1.02. The predicted molar refractivity (Wildman–Crippen MR) is 105 cm³/mol. The molecular formula is C21H23N3O5. The Kier molecular flexibility index (Phi) is 6.33. The molecule has 4 N–H and O–H groups in total. The normalized spacial score (nSPS) is 16.8. The van der Waals surface area contributed by atoms with E-state index in [-0.39, 0.29) is 12.3 Å². The first-order chi connectivity index (χ1) is 13.9. The summed E-state index contributed by atoms with van der Waals surface area (Å²) in [6, 6.07) is 13.9. The molecular weight excluding hydrogens is 374 g/mol. The molecule has 3 amide bonds. The van der Waals surface area contributed by atoms with Crippen LogP contribution in [0.3, 0.4) is 0 Å². The Labute approximate surface area is 168 Å². The van der Waals surface area contributed by atoms with Gasteiger partial charge in [0, 0.05) is 6.54 Å². The minimum absolute atomic E-state index is 0.0957. The van der Waals surface area contributed by atoms with E-state index in [4.69, 9.17) is 10.5 Å². The first-order valence-corrected chi connectivity index (χ1v) is 9.35. The van der Waals surface area contributed by atoms with Crippen molar-refractivity contribution in [1.82, 2.24) is 10.2 Å². The van der Waals surface area contributed by atoms with Crippen molar-refractivity contribution in [3.8, 4) is 11.5 Å². The highest BCUT2D eigenvalue weighted by Gasteiger charge is 2.35. The Hall–Kier alpha value is -3.55. The Bertz CT molecular complexity index is 887. The van der Waals surface area contributed by atoms with Gasteiger partial charge < -0.3 is 25.8 Å². The Morgan fingerprint density at radius 1 is 1.14 bits per heavy atom. The molecule has 0 saturated carbocycles. The molecule has 8 heteroatoms. The summed E-state index contributed by atoms with van der Waals surface area (Å²) in [5.74, 6) is -0.167. The zero-order chi connectivity index (χ0) is 20.8. The fourth-order valence-corrected chi connectivity index (χ4v) is 3.46. The number of benzene rings is 2. The number of nitrogens with one attached hydrogen (secondary N) is 1. The number of carboxylic acids is 1. The molecule has 0 bridgehead atoms. The van der Waals surface area contributed by atoms with Crippen LogP contribution in [0.15, 0.2) is 54.6 Å². The van der Waals surface area contributed by atoms with Crippen LogP contribution in [0.1, 0.15) is 30.9 Å². The van der Waals surface area contributed by atoms with E-state index in [9.17, 15) is 19.5 Å². The molecule has 1 aliphatic heterocycles. The SMILES string of the molecule is NC(=O)N[C@@H](CC(=O)N1CCC[C@H]1C(=O)O)c1cccc(Oc2ccccc2)c1. The topological polar surface area (TPSA) is 122 Å². The molecule has 0 aromatic heterocycles. The van der Waals surface area contributed by atoms with Crippen LogP contribution in [0.25, 0.3) is 0 Å². The highest BCUT2D eigenvalue weighted by atomic mass is 16.5. The zero-order valence-electron chi connectivity index (χ0n) is 15.8. The second-order valence-corrected chi connectivity index (χ2v) is 6.84. The van der Waals surface area contributed by atoms with Crippen LogP contribution < -0.4 is 15.8 Å². The summed E-state index contributed by atoms with van der Waals surface area (Å²) in [6.45, 7) is 0.385. The molecule has 0 unspecified atom stereocenters. The number of nitrogens with two attached hydrogens (primary N) is 1. The average molecular weight is 397 g/mol. The summed E-state index contributed by atoms with van der Waals surface area (Å²) >= 11 is 0. The fourth-order valence-electron chi connectivity index (χ4n) is 3.46. The number of hydrogen-bond acceptors (Lipinski definition) is 4. The number of carbonyl (C=O) groups excluding carboxylic acids is 2. The van der Waals surface area contributed by atoms with Crippen molar-refractivity contribution in [2.75, 3.05) is 6.54 Å². The molecule has 0 radical (unpaired) electrons. The number of carbonyl (C=O) groups is 3. The molecule has 29 heavy (non-hydrogen) atoms. The van der Waals surface area contributed by atoms with Crippen LogP contribution in [-0.2, 0) is 9.59 Å². The molecule has 8 nitrogen and oxygen atoms in total. The van der Waals surface area contributed by atoms with Crippen molar-refractivity contribution in [1.29, 1.82) is 0 Å². The third kappa shape index (κ3) is 5.25. The Balaban J connectivity index is 1.78. The van der Waals surface area contributed by atoms with Crippen LogP contribution in [0.4, 0.5) is 4.79 Å². The van der Waals surface area contributed by atoms with Gasteiger partial charge in [-0.2, -0.15) is 0 Å². The number of primary amides is 1. The van der Waals surface area contributed by atoms with E-state index in [1.54, 1.807) is 24.3 Å². The lowest BCUT2D eigenvalue weighted by Crippen LogP contribution is -2.43. The molecule has 2 atom stereocenters. The summed E-state index contributed by atoms with van der Waals surface area (Å²) in [6.07, 6.45) is 0.966. The predicted octanol–water partition coefficient (Wildman–Crippen LogP) is 2.65. The highest BCUT2D eigenvalue weighted by Crippen LogP contribution is 2.27. The highest BCUT2D eigenvalue weighted by molar-refractivity contribution is 5.85. The number of carboxylic acid groups (broad SMARTS) is 1. The molecule has 152 valence electrons. The number of ether oxygens (including phenoxy) is 1. The van der Waals surface area contributed by atoms with E-state index in [1.165, 1.54) is 4.90 Å². The summed E-state index contributed by atoms with van der Waals surface area (Å²) in [4.78, 5) is 37.0. The van der Waals surface area contributed by atoms with Gasteiger partial charge in [0.2, 0.25) is 5.91 Å². The number of urea groups is 1. The van der Waals surface area contributed by atoms with Crippen molar-refractivity contribution in [2.24, 2.45) is 5.73 Å². The average Bonchev–Trinajstić information content (AvgIpc) is 3.18. The molecule has 2 aromatic carbocycles. The third-order valence-electron chi connectivity index (χ3n) is 4.79. The van der Waals surface area contributed by atoms with E-state index in [0.717, 1.165) is 0 Å². The van der Waals surface area contributed by atoms with E-state index >= 15 is 0 Å².